The van der Waals surface area contributed by atoms with Gasteiger partial charge in [-0.25, -0.2) is 9.18 Å². The number of esters is 1. The molecule has 1 aliphatic rings. The fourth-order valence-electron chi connectivity index (χ4n) is 4.76. The van der Waals surface area contributed by atoms with Gasteiger partial charge in [-0.2, -0.15) is 13.2 Å². The van der Waals surface area contributed by atoms with Gasteiger partial charge < -0.3 is 19.5 Å². The lowest BCUT2D eigenvalue weighted by molar-refractivity contribution is -0.274. The standard InChI is InChI=1S/C28H24ClF4NO5/c1-4-34-23-12-17(6-10-24(23)39-14-25(34)35)27(37,28(31,32)33)15(2)19-8-5-16(11-22(19)29)21-13-18(30)7-9-20(21)26(36)38-3/h5-13,15,37H,4,14H2,1-3H3. The molecule has 1 aliphatic heterocycles. The molecule has 0 radical (unpaired) electrons. The summed E-state index contributed by atoms with van der Waals surface area (Å²) in [7, 11) is 1.16. The van der Waals surface area contributed by atoms with E-state index in [9.17, 15) is 32.3 Å². The van der Waals surface area contributed by atoms with Crippen LogP contribution in [0, 0.1) is 5.82 Å². The lowest BCUT2D eigenvalue weighted by atomic mass is 9.77. The summed E-state index contributed by atoms with van der Waals surface area (Å²) in [4.78, 5) is 25.7. The van der Waals surface area contributed by atoms with E-state index in [0.717, 1.165) is 31.4 Å². The van der Waals surface area contributed by atoms with Crippen molar-refractivity contribution in [1.82, 2.24) is 0 Å². The number of aliphatic hydroxyl groups is 1. The van der Waals surface area contributed by atoms with Gasteiger partial charge in [-0.3, -0.25) is 4.79 Å². The number of hydrogen-bond donors (Lipinski definition) is 1. The van der Waals surface area contributed by atoms with Gasteiger partial charge in [-0.15, -0.1) is 0 Å². The van der Waals surface area contributed by atoms with Crippen LogP contribution in [0.5, 0.6) is 5.75 Å². The van der Waals surface area contributed by atoms with Gasteiger partial charge >= 0.3 is 12.1 Å². The Labute approximate surface area is 226 Å². The molecule has 1 N–H and O–H groups in total. The van der Waals surface area contributed by atoms with E-state index in [1.807, 2.05) is 0 Å². The van der Waals surface area contributed by atoms with Crippen LogP contribution < -0.4 is 9.64 Å². The molecule has 0 fully saturated rings. The molecule has 2 unspecified atom stereocenters. The van der Waals surface area contributed by atoms with Gasteiger partial charge in [0.25, 0.3) is 5.91 Å². The maximum absolute atomic E-state index is 14.6. The van der Waals surface area contributed by atoms with Crippen LogP contribution in [-0.2, 0) is 15.1 Å². The van der Waals surface area contributed by atoms with Crippen LogP contribution in [0.15, 0.2) is 54.6 Å². The predicted octanol–water partition coefficient (Wildman–Crippen LogP) is 6.23. The third-order valence-electron chi connectivity index (χ3n) is 6.88. The van der Waals surface area contributed by atoms with Crippen molar-refractivity contribution in [2.24, 2.45) is 0 Å². The maximum Gasteiger partial charge on any atom is 0.422 e. The molecule has 0 bridgehead atoms. The summed E-state index contributed by atoms with van der Waals surface area (Å²) in [6.07, 6.45) is -5.15. The summed E-state index contributed by atoms with van der Waals surface area (Å²) in [5.74, 6) is -3.21. The second kappa shape index (κ2) is 10.5. The van der Waals surface area contributed by atoms with Crippen LogP contribution in [0.3, 0.4) is 0 Å². The number of methoxy groups -OCH3 is 1. The van der Waals surface area contributed by atoms with Crippen LogP contribution in [-0.4, -0.2) is 43.4 Å². The highest BCUT2D eigenvalue weighted by Gasteiger charge is 2.59. The van der Waals surface area contributed by atoms with E-state index in [4.69, 9.17) is 21.1 Å². The number of rotatable bonds is 6. The number of anilines is 1. The third-order valence-corrected chi connectivity index (χ3v) is 7.21. The average molecular weight is 566 g/mol. The number of fused-ring (bicyclic) bond motifs is 1. The van der Waals surface area contributed by atoms with E-state index < -0.39 is 41.0 Å². The molecule has 0 aromatic heterocycles. The molecule has 3 aromatic rings. The van der Waals surface area contributed by atoms with E-state index in [1.165, 1.54) is 42.2 Å². The van der Waals surface area contributed by atoms with Gasteiger partial charge in [0.15, 0.2) is 12.2 Å². The Morgan fingerprint density at radius 2 is 1.87 bits per heavy atom. The van der Waals surface area contributed by atoms with E-state index >= 15 is 0 Å². The number of likely N-dealkylation sites (N-methyl/N-ethyl adjacent to an activating group) is 1. The van der Waals surface area contributed by atoms with Crippen LogP contribution in [0.2, 0.25) is 5.02 Å². The monoisotopic (exact) mass is 565 g/mol. The first kappa shape index (κ1) is 28.4. The van der Waals surface area contributed by atoms with Gasteiger partial charge in [-0.05, 0) is 65.6 Å². The van der Waals surface area contributed by atoms with Crippen LogP contribution in [0.4, 0.5) is 23.2 Å². The number of halogens is 5. The van der Waals surface area contributed by atoms with Crippen molar-refractivity contribution in [3.63, 3.8) is 0 Å². The Kier molecular flexibility index (Phi) is 7.64. The molecule has 6 nitrogen and oxygen atoms in total. The molecule has 39 heavy (non-hydrogen) atoms. The third kappa shape index (κ3) is 4.94. The van der Waals surface area contributed by atoms with E-state index in [2.05, 4.69) is 0 Å². The average Bonchev–Trinajstić information content (AvgIpc) is 2.90. The zero-order chi connectivity index (χ0) is 28.7. The number of carbonyl (C=O) groups is 2. The highest BCUT2D eigenvalue weighted by Crippen LogP contribution is 2.51. The minimum Gasteiger partial charge on any atom is -0.482 e. The number of alkyl halides is 3. The number of ether oxygens (including phenoxy) is 2. The molecule has 11 heteroatoms. The van der Waals surface area contributed by atoms with Crippen molar-refractivity contribution in [2.75, 3.05) is 25.2 Å². The van der Waals surface area contributed by atoms with E-state index in [0.29, 0.717) is 0 Å². The largest absolute Gasteiger partial charge is 0.482 e. The second-order valence-corrected chi connectivity index (χ2v) is 9.42. The lowest BCUT2D eigenvalue weighted by Gasteiger charge is -2.38. The van der Waals surface area contributed by atoms with E-state index in [1.54, 1.807) is 6.92 Å². The fraction of sp³-hybridized carbons (Fsp3) is 0.286. The summed E-state index contributed by atoms with van der Waals surface area (Å²) in [5.41, 5.74) is -3.42. The molecule has 206 valence electrons. The van der Waals surface area contributed by atoms with Gasteiger partial charge in [0, 0.05) is 17.5 Å². The number of hydrogen-bond acceptors (Lipinski definition) is 5. The number of carbonyl (C=O) groups excluding carboxylic acids is 2. The van der Waals surface area contributed by atoms with Gasteiger partial charge in [-0.1, -0.05) is 36.7 Å². The smallest absolute Gasteiger partial charge is 0.422 e. The molecule has 0 saturated heterocycles. The molecule has 0 spiro atoms. The summed E-state index contributed by atoms with van der Waals surface area (Å²) in [6.45, 7) is 2.80. The Hall–Kier alpha value is -3.63. The molecule has 1 heterocycles. The highest BCUT2D eigenvalue weighted by atomic mass is 35.5. The second-order valence-electron chi connectivity index (χ2n) is 9.01. The van der Waals surface area contributed by atoms with Crippen molar-refractivity contribution >= 4 is 29.2 Å². The molecule has 0 aliphatic carbocycles. The summed E-state index contributed by atoms with van der Waals surface area (Å²) in [6, 6.07) is 10.8. The molecule has 1 amide bonds. The van der Waals surface area contributed by atoms with Crippen LogP contribution >= 0.6 is 11.6 Å². The quantitative estimate of drug-likeness (QED) is 0.283. The number of nitrogens with zero attached hydrogens (tertiary/aromatic N) is 1. The predicted molar refractivity (Wildman–Crippen MR) is 137 cm³/mol. The number of benzene rings is 3. The fourth-order valence-corrected chi connectivity index (χ4v) is 5.10. The summed E-state index contributed by atoms with van der Waals surface area (Å²) >= 11 is 6.44. The first-order chi connectivity index (χ1) is 18.3. The molecular weight excluding hydrogens is 542 g/mol. The Morgan fingerprint density at radius 1 is 1.15 bits per heavy atom. The Morgan fingerprint density at radius 3 is 2.49 bits per heavy atom. The maximum atomic E-state index is 14.6. The van der Waals surface area contributed by atoms with Crippen molar-refractivity contribution in [2.45, 2.75) is 31.5 Å². The normalized spacial score (nSPS) is 15.7. The zero-order valence-electron chi connectivity index (χ0n) is 21.1. The van der Waals surface area contributed by atoms with Gasteiger partial charge in [0.05, 0.1) is 18.4 Å². The van der Waals surface area contributed by atoms with Crippen molar-refractivity contribution in [3.05, 3.63) is 82.1 Å². The summed E-state index contributed by atoms with van der Waals surface area (Å²) < 4.78 is 67.9. The summed E-state index contributed by atoms with van der Waals surface area (Å²) in [5, 5.41) is 11.2. The molecule has 3 aromatic carbocycles. The van der Waals surface area contributed by atoms with Crippen LogP contribution in [0.1, 0.15) is 41.3 Å². The SMILES string of the molecule is CCN1C(=O)COc2ccc(C(O)(C(C)c3ccc(-c4cc(F)ccc4C(=O)OC)cc3Cl)C(F)(F)F)cc21. The minimum atomic E-state index is -5.15. The molecule has 4 rings (SSSR count). The molecule has 2 atom stereocenters. The van der Waals surface area contributed by atoms with Crippen molar-refractivity contribution < 1.29 is 41.7 Å². The zero-order valence-corrected chi connectivity index (χ0v) is 21.9. The molecular formula is C28H24ClF4NO5. The Balaban J connectivity index is 1.81. The first-order valence-corrected chi connectivity index (χ1v) is 12.3. The minimum absolute atomic E-state index is 0.0360. The van der Waals surface area contributed by atoms with Crippen molar-refractivity contribution in [3.8, 4) is 16.9 Å². The van der Waals surface area contributed by atoms with Gasteiger partial charge in [0.2, 0.25) is 0 Å². The topological polar surface area (TPSA) is 76.1 Å². The first-order valence-electron chi connectivity index (χ1n) is 11.9. The molecule has 0 saturated carbocycles. The highest BCUT2D eigenvalue weighted by molar-refractivity contribution is 6.31. The van der Waals surface area contributed by atoms with E-state index in [-0.39, 0.29) is 51.9 Å². The van der Waals surface area contributed by atoms with Gasteiger partial charge in [0.1, 0.15) is 11.6 Å². The van der Waals surface area contributed by atoms with Crippen LogP contribution in [0.25, 0.3) is 11.1 Å². The lowest BCUT2D eigenvalue weighted by Crippen LogP contribution is -2.47. The number of amides is 1. The Bertz CT molecular complexity index is 1440. The van der Waals surface area contributed by atoms with Crippen molar-refractivity contribution in [1.29, 1.82) is 0 Å².